The highest BCUT2D eigenvalue weighted by Gasteiger charge is 2.16. The standard InChI is InChI=1S/C43H82N2O3/c1-5-7-9-11-13-15-17-19-21-23-25-27-29-31-33-36-42(46)44-38-35-39-45(3,4)40-41-48-43(47)37-34-32-30-28-26-24-22-20-18-16-14-12-10-8-6-2/h19-22H,5-18,23-41H2,1-4H3/p+1. The molecule has 0 fully saturated rings. The summed E-state index contributed by atoms with van der Waals surface area (Å²) in [7, 11) is 4.34. The summed E-state index contributed by atoms with van der Waals surface area (Å²) in [5.41, 5.74) is 0. The molecule has 48 heavy (non-hydrogen) atoms. The van der Waals surface area contributed by atoms with E-state index >= 15 is 0 Å². The SMILES string of the molecule is CCCCCCCCC=CCCCCCCCC(=O)NCCC[N+](C)(C)CCOC(=O)CCCCCCCC=CCCCCCCCC. The lowest BCUT2D eigenvalue weighted by atomic mass is 10.1. The normalized spacial score (nSPS) is 12.0. The Morgan fingerprint density at radius 3 is 1.35 bits per heavy atom. The molecule has 0 unspecified atom stereocenters. The lowest BCUT2D eigenvalue weighted by Crippen LogP contribution is -2.44. The first kappa shape index (κ1) is 46.4. The number of esters is 1. The van der Waals surface area contributed by atoms with E-state index in [0.29, 0.717) is 19.4 Å². The van der Waals surface area contributed by atoms with Gasteiger partial charge in [-0.1, -0.05) is 141 Å². The predicted octanol–water partition coefficient (Wildman–Crippen LogP) is 12.2. The summed E-state index contributed by atoms with van der Waals surface area (Å²) in [6.45, 7) is 7.50. The summed E-state index contributed by atoms with van der Waals surface area (Å²) < 4.78 is 6.32. The van der Waals surface area contributed by atoms with E-state index in [0.717, 1.165) is 56.2 Å². The maximum atomic E-state index is 12.2. The van der Waals surface area contributed by atoms with Gasteiger partial charge in [0.2, 0.25) is 5.91 Å². The molecule has 0 radical (unpaired) electrons. The number of allylic oxidation sites excluding steroid dienone is 4. The van der Waals surface area contributed by atoms with Crippen LogP contribution in [0, 0.1) is 0 Å². The van der Waals surface area contributed by atoms with Gasteiger partial charge < -0.3 is 14.5 Å². The molecule has 0 aromatic heterocycles. The van der Waals surface area contributed by atoms with Crippen molar-refractivity contribution in [3.8, 4) is 0 Å². The highest BCUT2D eigenvalue weighted by Crippen LogP contribution is 2.12. The molecule has 1 amide bonds. The van der Waals surface area contributed by atoms with Crippen molar-refractivity contribution in [3.05, 3.63) is 24.3 Å². The molecule has 0 bridgehead atoms. The Bertz CT molecular complexity index is 761. The van der Waals surface area contributed by atoms with Gasteiger partial charge in [0.05, 0.1) is 20.6 Å². The number of hydrogen-bond donors (Lipinski definition) is 1. The summed E-state index contributed by atoms with van der Waals surface area (Å²) >= 11 is 0. The Balaban J connectivity index is 3.53. The molecule has 0 aromatic rings. The number of carbonyl (C=O) groups is 2. The van der Waals surface area contributed by atoms with E-state index in [1.807, 2.05) is 0 Å². The zero-order chi connectivity index (χ0) is 35.2. The Kier molecular flexibility index (Phi) is 35.4. The lowest BCUT2D eigenvalue weighted by molar-refractivity contribution is -0.890. The smallest absolute Gasteiger partial charge is 0.305 e. The van der Waals surface area contributed by atoms with Crippen LogP contribution in [0.5, 0.6) is 0 Å². The fourth-order valence-electron chi connectivity index (χ4n) is 6.11. The van der Waals surface area contributed by atoms with Gasteiger partial charge in [0.1, 0.15) is 13.2 Å². The third-order valence-electron chi connectivity index (χ3n) is 9.53. The fraction of sp³-hybridized carbons (Fsp3) is 0.860. The second-order valence-electron chi connectivity index (χ2n) is 15.0. The molecule has 0 spiro atoms. The van der Waals surface area contributed by atoms with Gasteiger partial charge in [0, 0.05) is 25.8 Å². The molecule has 5 heteroatoms. The van der Waals surface area contributed by atoms with Gasteiger partial charge >= 0.3 is 5.97 Å². The molecular formula is C43H83N2O3+. The molecule has 0 saturated heterocycles. The number of carbonyl (C=O) groups excluding carboxylic acids is 2. The average Bonchev–Trinajstić information content (AvgIpc) is 3.06. The van der Waals surface area contributed by atoms with Crippen LogP contribution < -0.4 is 5.32 Å². The number of nitrogens with zero attached hydrogens (tertiary/aromatic N) is 1. The molecule has 0 saturated carbocycles. The second kappa shape index (κ2) is 36.7. The van der Waals surface area contributed by atoms with E-state index in [1.54, 1.807) is 0 Å². The summed E-state index contributed by atoms with van der Waals surface area (Å²) in [5.74, 6) is 0.123. The van der Waals surface area contributed by atoms with E-state index in [2.05, 4.69) is 57.6 Å². The molecule has 0 aliphatic carbocycles. The molecule has 0 aliphatic heterocycles. The molecule has 0 heterocycles. The van der Waals surface area contributed by atoms with Crippen LogP contribution in [0.1, 0.15) is 200 Å². The van der Waals surface area contributed by atoms with Gasteiger partial charge in [-0.3, -0.25) is 9.59 Å². The monoisotopic (exact) mass is 676 g/mol. The maximum Gasteiger partial charge on any atom is 0.305 e. The summed E-state index contributed by atoms with van der Waals surface area (Å²) in [6, 6.07) is 0. The van der Waals surface area contributed by atoms with Crippen molar-refractivity contribution in [2.24, 2.45) is 0 Å². The van der Waals surface area contributed by atoms with E-state index in [4.69, 9.17) is 4.74 Å². The molecule has 0 rings (SSSR count). The third-order valence-corrected chi connectivity index (χ3v) is 9.53. The topological polar surface area (TPSA) is 55.4 Å². The van der Waals surface area contributed by atoms with E-state index in [9.17, 15) is 9.59 Å². The number of amides is 1. The lowest BCUT2D eigenvalue weighted by Gasteiger charge is -2.29. The summed E-state index contributed by atoms with van der Waals surface area (Å²) in [4.78, 5) is 24.4. The number of unbranched alkanes of at least 4 members (excludes halogenated alkanes) is 22. The molecule has 0 aliphatic rings. The Labute approximate surface area is 300 Å². The summed E-state index contributed by atoms with van der Waals surface area (Å²) in [5, 5.41) is 3.09. The van der Waals surface area contributed by atoms with Crippen molar-refractivity contribution in [3.63, 3.8) is 0 Å². The zero-order valence-corrected chi connectivity index (χ0v) is 32.8. The second-order valence-corrected chi connectivity index (χ2v) is 15.0. The van der Waals surface area contributed by atoms with E-state index in [-0.39, 0.29) is 11.9 Å². The van der Waals surface area contributed by atoms with Crippen molar-refractivity contribution < 1.29 is 18.8 Å². The fourth-order valence-corrected chi connectivity index (χ4v) is 6.11. The number of rotatable bonds is 37. The number of likely N-dealkylation sites (N-methyl/N-ethyl adjacent to an activating group) is 1. The van der Waals surface area contributed by atoms with Crippen LogP contribution >= 0.6 is 0 Å². The molecule has 1 N–H and O–H groups in total. The van der Waals surface area contributed by atoms with E-state index < -0.39 is 0 Å². The van der Waals surface area contributed by atoms with Gasteiger partial charge in [0.25, 0.3) is 0 Å². The minimum Gasteiger partial charge on any atom is -0.460 e. The van der Waals surface area contributed by atoms with Crippen LogP contribution in [0.3, 0.4) is 0 Å². The highest BCUT2D eigenvalue weighted by atomic mass is 16.5. The van der Waals surface area contributed by atoms with Crippen LogP contribution in [0.25, 0.3) is 0 Å². The first-order valence-electron chi connectivity index (χ1n) is 21.0. The van der Waals surface area contributed by atoms with E-state index in [1.165, 1.54) is 141 Å². The number of quaternary nitrogens is 1. The average molecular weight is 676 g/mol. The maximum absolute atomic E-state index is 12.2. The minimum atomic E-state index is -0.0597. The van der Waals surface area contributed by atoms with Gasteiger partial charge in [-0.15, -0.1) is 0 Å². The van der Waals surface area contributed by atoms with Crippen molar-refractivity contribution >= 4 is 11.9 Å². The van der Waals surface area contributed by atoms with Gasteiger partial charge in [-0.25, -0.2) is 0 Å². The first-order valence-corrected chi connectivity index (χ1v) is 21.0. The molecular weight excluding hydrogens is 592 g/mol. The van der Waals surface area contributed by atoms with Crippen LogP contribution in [0.2, 0.25) is 0 Å². The minimum absolute atomic E-state index is 0.0597. The van der Waals surface area contributed by atoms with Crippen molar-refractivity contribution in [1.82, 2.24) is 5.32 Å². The van der Waals surface area contributed by atoms with Gasteiger partial charge in [-0.2, -0.15) is 0 Å². The predicted molar refractivity (Wildman–Crippen MR) is 209 cm³/mol. The van der Waals surface area contributed by atoms with Gasteiger partial charge in [0.15, 0.2) is 0 Å². The molecule has 0 atom stereocenters. The van der Waals surface area contributed by atoms with Gasteiger partial charge in [-0.05, 0) is 64.2 Å². The zero-order valence-electron chi connectivity index (χ0n) is 32.8. The van der Waals surface area contributed by atoms with Crippen LogP contribution in [-0.4, -0.2) is 56.7 Å². The summed E-state index contributed by atoms with van der Waals surface area (Å²) in [6.07, 6.45) is 44.6. The number of nitrogens with one attached hydrogen (secondary N) is 1. The Hall–Kier alpha value is -1.62. The number of hydrogen-bond acceptors (Lipinski definition) is 3. The quantitative estimate of drug-likeness (QED) is 0.0308. The largest absolute Gasteiger partial charge is 0.460 e. The highest BCUT2D eigenvalue weighted by molar-refractivity contribution is 5.75. The Morgan fingerprint density at radius 1 is 0.500 bits per heavy atom. The van der Waals surface area contributed by atoms with Crippen molar-refractivity contribution in [2.45, 2.75) is 200 Å². The molecule has 282 valence electrons. The third kappa shape index (κ3) is 37.2. The number of ether oxygens (including phenoxy) is 1. The van der Waals surface area contributed by atoms with Crippen LogP contribution in [-0.2, 0) is 14.3 Å². The Morgan fingerprint density at radius 2 is 0.896 bits per heavy atom. The van der Waals surface area contributed by atoms with Crippen LogP contribution in [0.15, 0.2) is 24.3 Å². The molecule has 5 nitrogen and oxygen atoms in total. The van der Waals surface area contributed by atoms with Crippen molar-refractivity contribution in [2.75, 3.05) is 40.3 Å². The first-order chi connectivity index (χ1) is 23.4. The van der Waals surface area contributed by atoms with Crippen LogP contribution in [0.4, 0.5) is 0 Å². The van der Waals surface area contributed by atoms with Crippen molar-refractivity contribution in [1.29, 1.82) is 0 Å². The molecule has 0 aromatic carbocycles.